The van der Waals surface area contributed by atoms with Crippen molar-refractivity contribution in [1.29, 1.82) is 0 Å². The molecule has 0 saturated heterocycles. The molecule has 2 N–H and O–H groups in total. The van der Waals surface area contributed by atoms with Gasteiger partial charge >= 0.3 is 0 Å². The van der Waals surface area contributed by atoms with E-state index in [2.05, 4.69) is 23.9 Å². The molecule has 0 radical (unpaired) electrons. The predicted molar refractivity (Wildman–Crippen MR) is 78.5 cm³/mol. The van der Waals surface area contributed by atoms with Crippen molar-refractivity contribution < 1.29 is 8.42 Å². The van der Waals surface area contributed by atoms with Gasteiger partial charge in [-0.1, -0.05) is 26.0 Å². The van der Waals surface area contributed by atoms with Crippen molar-refractivity contribution in [2.75, 3.05) is 0 Å². The third kappa shape index (κ3) is 5.72. The maximum Gasteiger partial charge on any atom is 0.241 e. The van der Waals surface area contributed by atoms with E-state index in [4.69, 9.17) is 0 Å². The molecular weight excluding hydrogens is 260 g/mol. The molecule has 0 atom stereocenters. The van der Waals surface area contributed by atoms with Gasteiger partial charge in [-0.15, -0.1) is 0 Å². The zero-order valence-electron chi connectivity index (χ0n) is 12.3. The lowest BCUT2D eigenvalue weighted by molar-refractivity contribution is 0.491. The van der Waals surface area contributed by atoms with Crippen molar-refractivity contribution in [3.8, 4) is 0 Å². The summed E-state index contributed by atoms with van der Waals surface area (Å²) in [5, 5.41) is 3.29. The van der Waals surface area contributed by atoms with Crippen molar-refractivity contribution in [2.45, 2.75) is 57.6 Å². The van der Waals surface area contributed by atoms with E-state index in [1.165, 1.54) is 0 Å². The SMILES string of the molecule is CC(C)NCc1ccc(S(=O)(=O)NC(C)(C)C)cc1. The minimum atomic E-state index is -3.44. The van der Waals surface area contributed by atoms with Crippen LogP contribution in [0.3, 0.4) is 0 Å². The number of benzene rings is 1. The second-order valence-corrected chi connectivity index (χ2v) is 7.72. The lowest BCUT2D eigenvalue weighted by atomic mass is 10.1. The summed E-state index contributed by atoms with van der Waals surface area (Å²) in [6.45, 7) is 10.4. The molecule has 0 aliphatic heterocycles. The molecular formula is C14H24N2O2S. The molecule has 5 heteroatoms. The largest absolute Gasteiger partial charge is 0.310 e. The lowest BCUT2D eigenvalue weighted by Crippen LogP contribution is -2.40. The fraction of sp³-hybridized carbons (Fsp3) is 0.571. The van der Waals surface area contributed by atoms with Crippen LogP contribution in [0.2, 0.25) is 0 Å². The summed E-state index contributed by atoms with van der Waals surface area (Å²) in [4.78, 5) is 0.302. The molecule has 0 saturated carbocycles. The van der Waals surface area contributed by atoms with Gasteiger partial charge in [0.25, 0.3) is 0 Å². The minimum Gasteiger partial charge on any atom is -0.310 e. The predicted octanol–water partition coefficient (Wildman–Crippen LogP) is 2.26. The molecule has 0 aliphatic rings. The Labute approximate surface area is 116 Å². The Balaban J connectivity index is 2.81. The maximum atomic E-state index is 12.1. The van der Waals surface area contributed by atoms with Gasteiger partial charge in [0.1, 0.15) is 0 Å². The third-order valence-electron chi connectivity index (χ3n) is 2.39. The second kappa shape index (κ2) is 6.03. The van der Waals surface area contributed by atoms with Gasteiger partial charge in [0.2, 0.25) is 10.0 Å². The topological polar surface area (TPSA) is 58.2 Å². The van der Waals surface area contributed by atoms with Crippen LogP contribution in [0, 0.1) is 0 Å². The number of hydrogen-bond acceptors (Lipinski definition) is 3. The van der Waals surface area contributed by atoms with E-state index in [0.29, 0.717) is 10.9 Å². The molecule has 0 unspecified atom stereocenters. The van der Waals surface area contributed by atoms with E-state index < -0.39 is 15.6 Å². The summed E-state index contributed by atoms with van der Waals surface area (Å²) < 4.78 is 26.8. The molecule has 0 spiro atoms. The Morgan fingerprint density at radius 2 is 1.63 bits per heavy atom. The highest BCUT2D eigenvalue weighted by molar-refractivity contribution is 7.89. The molecule has 0 heterocycles. The summed E-state index contributed by atoms with van der Waals surface area (Å²) in [5.74, 6) is 0. The number of hydrogen-bond donors (Lipinski definition) is 2. The molecule has 1 aromatic rings. The molecule has 0 aromatic heterocycles. The van der Waals surface area contributed by atoms with Crippen LogP contribution in [0.25, 0.3) is 0 Å². The smallest absolute Gasteiger partial charge is 0.241 e. The minimum absolute atomic E-state index is 0.302. The van der Waals surface area contributed by atoms with Crippen molar-refractivity contribution in [2.24, 2.45) is 0 Å². The average Bonchev–Trinajstić information content (AvgIpc) is 2.23. The Morgan fingerprint density at radius 3 is 2.05 bits per heavy atom. The molecule has 0 aliphatic carbocycles. The standard InChI is InChI=1S/C14H24N2O2S/c1-11(2)15-10-12-6-8-13(9-7-12)19(17,18)16-14(3,4)5/h6-9,11,15-16H,10H2,1-5H3. The molecule has 19 heavy (non-hydrogen) atoms. The van der Waals surface area contributed by atoms with Crippen LogP contribution in [-0.4, -0.2) is 20.0 Å². The fourth-order valence-corrected chi connectivity index (χ4v) is 2.99. The molecule has 4 nitrogen and oxygen atoms in total. The van der Waals surface area contributed by atoms with Crippen LogP contribution >= 0.6 is 0 Å². The first kappa shape index (κ1) is 16.1. The Hall–Kier alpha value is -0.910. The van der Waals surface area contributed by atoms with Gasteiger partial charge in [-0.25, -0.2) is 13.1 Å². The Morgan fingerprint density at radius 1 is 1.11 bits per heavy atom. The Bertz CT molecular complexity index is 499. The first-order valence-corrected chi connectivity index (χ1v) is 7.95. The molecule has 108 valence electrons. The summed E-state index contributed by atoms with van der Waals surface area (Å²) in [6, 6.07) is 7.38. The van der Waals surface area contributed by atoms with Crippen LogP contribution in [0.15, 0.2) is 29.2 Å². The quantitative estimate of drug-likeness (QED) is 0.872. The van der Waals surface area contributed by atoms with Gasteiger partial charge < -0.3 is 5.32 Å². The normalized spacial score (nSPS) is 12.9. The summed E-state index contributed by atoms with van der Waals surface area (Å²) in [7, 11) is -3.44. The zero-order chi connectivity index (χ0) is 14.7. The van der Waals surface area contributed by atoms with Gasteiger partial charge in [-0.2, -0.15) is 0 Å². The highest BCUT2D eigenvalue weighted by atomic mass is 32.2. The van der Waals surface area contributed by atoms with Crippen LogP contribution in [0.4, 0.5) is 0 Å². The van der Waals surface area contributed by atoms with Gasteiger partial charge in [0.05, 0.1) is 4.90 Å². The molecule has 0 amide bonds. The van der Waals surface area contributed by atoms with E-state index in [1.54, 1.807) is 12.1 Å². The van der Waals surface area contributed by atoms with Crippen LogP contribution in [0.1, 0.15) is 40.2 Å². The van der Waals surface area contributed by atoms with Gasteiger partial charge in [-0.3, -0.25) is 0 Å². The van der Waals surface area contributed by atoms with Crippen molar-refractivity contribution in [3.63, 3.8) is 0 Å². The number of sulfonamides is 1. The molecule has 1 rings (SSSR count). The molecule has 0 bridgehead atoms. The van der Waals surface area contributed by atoms with Gasteiger partial charge in [0.15, 0.2) is 0 Å². The van der Waals surface area contributed by atoms with E-state index >= 15 is 0 Å². The maximum absolute atomic E-state index is 12.1. The highest BCUT2D eigenvalue weighted by Gasteiger charge is 2.21. The first-order valence-electron chi connectivity index (χ1n) is 6.46. The Kier molecular flexibility index (Phi) is 5.12. The van der Waals surface area contributed by atoms with Crippen molar-refractivity contribution in [3.05, 3.63) is 29.8 Å². The highest BCUT2D eigenvalue weighted by Crippen LogP contribution is 2.13. The summed E-state index contributed by atoms with van der Waals surface area (Å²) in [6.07, 6.45) is 0. The van der Waals surface area contributed by atoms with Crippen molar-refractivity contribution in [1.82, 2.24) is 10.0 Å². The summed E-state index contributed by atoms with van der Waals surface area (Å²) >= 11 is 0. The third-order valence-corrected chi connectivity index (χ3v) is 4.16. The first-order chi connectivity index (χ1) is 8.60. The monoisotopic (exact) mass is 284 g/mol. The molecule has 0 fully saturated rings. The summed E-state index contributed by atoms with van der Waals surface area (Å²) in [5.41, 5.74) is 0.597. The van der Waals surface area contributed by atoms with Crippen LogP contribution in [0.5, 0.6) is 0 Å². The van der Waals surface area contributed by atoms with Crippen LogP contribution in [-0.2, 0) is 16.6 Å². The zero-order valence-corrected chi connectivity index (χ0v) is 13.1. The van der Waals surface area contributed by atoms with E-state index in [-0.39, 0.29) is 0 Å². The number of rotatable bonds is 5. The van der Waals surface area contributed by atoms with E-state index in [9.17, 15) is 8.42 Å². The second-order valence-electron chi connectivity index (χ2n) is 6.04. The van der Waals surface area contributed by atoms with E-state index in [0.717, 1.165) is 12.1 Å². The van der Waals surface area contributed by atoms with Crippen LogP contribution < -0.4 is 10.0 Å². The van der Waals surface area contributed by atoms with Crippen molar-refractivity contribution >= 4 is 10.0 Å². The van der Waals surface area contributed by atoms with Gasteiger partial charge in [0, 0.05) is 18.1 Å². The average molecular weight is 284 g/mol. The fourth-order valence-electron chi connectivity index (χ4n) is 1.57. The lowest BCUT2D eigenvalue weighted by Gasteiger charge is -2.20. The van der Waals surface area contributed by atoms with E-state index in [1.807, 2.05) is 32.9 Å². The number of nitrogens with one attached hydrogen (secondary N) is 2. The molecule has 1 aromatic carbocycles. The van der Waals surface area contributed by atoms with Gasteiger partial charge in [-0.05, 0) is 38.5 Å².